The van der Waals surface area contributed by atoms with Gasteiger partial charge in [-0.05, 0) is 43.4 Å². The summed E-state index contributed by atoms with van der Waals surface area (Å²) in [4.78, 5) is 12.4. The van der Waals surface area contributed by atoms with Crippen LogP contribution >= 0.6 is 0 Å². The Labute approximate surface area is 127 Å². The van der Waals surface area contributed by atoms with E-state index in [0.717, 1.165) is 17.7 Å². The molecule has 21 heavy (non-hydrogen) atoms. The van der Waals surface area contributed by atoms with Crippen LogP contribution in [0.5, 0.6) is 0 Å². The Morgan fingerprint density at radius 3 is 2.81 bits per heavy atom. The highest BCUT2D eigenvalue weighted by molar-refractivity contribution is 5.96. The topological polar surface area (TPSA) is 55.1 Å². The van der Waals surface area contributed by atoms with Crippen molar-refractivity contribution in [2.24, 2.45) is 11.7 Å². The van der Waals surface area contributed by atoms with Crippen LogP contribution in [0.15, 0.2) is 18.2 Å². The Balaban J connectivity index is 2.03. The number of aryl methyl sites for hydroxylation is 1. The number of carbonyl (C=O) groups is 1. The van der Waals surface area contributed by atoms with Crippen LogP contribution in [0.25, 0.3) is 0 Å². The molecule has 0 atom stereocenters. The van der Waals surface area contributed by atoms with Gasteiger partial charge in [-0.2, -0.15) is 0 Å². The lowest BCUT2D eigenvalue weighted by atomic mass is 9.89. The fraction of sp³-hybridized carbons (Fsp3) is 0.500. The summed E-state index contributed by atoms with van der Waals surface area (Å²) in [5.74, 6) is 6.43. The maximum Gasteiger partial charge on any atom is 0.252 e. The fourth-order valence-corrected chi connectivity index (χ4v) is 2.83. The molecule has 3 nitrogen and oxygen atoms in total. The maximum absolute atomic E-state index is 12.4. The molecule has 1 fully saturated rings. The van der Waals surface area contributed by atoms with E-state index < -0.39 is 0 Å². The van der Waals surface area contributed by atoms with Crippen LogP contribution in [0.3, 0.4) is 0 Å². The number of amides is 1. The summed E-state index contributed by atoms with van der Waals surface area (Å²) in [6, 6.07) is 5.74. The maximum atomic E-state index is 12.4. The number of rotatable bonds is 3. The molecule has 1 aromatic carbocycles. The Kier molecular flexibility index (Phi) is 5.83. The van der Waals surface area contributed by atoms with E-state index in [9.17, 15) is 4.79 Å². The molecule has 3 heteroatoms. The van der Waals surface area contributed by atoms with Crippen LogP contribution in [-0.2, 0) is 0 Å². The first-order chi connectivity index (χ1) is 10.2. The van der Waals surface area contributed by atoms with Crippen molar-refractivity contribution < 1.29 is 4.79 Å². The van der Waals surface area contributed by atoms with Crippen molar-refractivity contribution in [3.05, 3.63) is 34.9 Å². The molecular formula is C18H24N2O. The predicted molar refractivity (Wildman–Crippen MR) is 86.0 cm³/mol. The number of carbonyl (C=O) groups excluding carboxylic acids is 1. The van der Waals surface area contributed by atoms with Crippen molar-refractivity contribution in [1.29, 1.82) is 0 Å². The van der Waals surface area contributed by atoms with Gasteiger partial charge in [0.15, 0.2) is 0 Å². The smallest absolute Gasteiger partial charge is 0.252 e. The molecule has 0 unspecified atom stereocenters. The highest BCUT2D eigenvalue weighted by Gasteiger charge is 2.16. The summed E-state index contributed by atoms with van der Waals surface area (Å²) in [5, 5.41) is 3.07. The minimum atomic E-state index is -0.0260. The number of benzene rings is 1. The van der Waals surface area contributed by atoms with Gasteiger partial charge in [0, 0.05) is 12.1 Å². The molecule has 0 spiro atoms. The van der Waals surface area contributed by atoms with Gasteiger partial charge in [0.2, 0.25) is 0 Å². The molecule has 1 saturated carbocycles. The molecule has 112 valence electrons. The molecule has 0 saturated heterocycles. The third-order valence-corrected chi connectivity index (χ3v) is 4.02. The molecule has 0 heterocycles. The Hall–Kier alpha value is -1.79. The number of hydrogen-bond donors (Lipinski definition) is 2. The summed E-state index contributed by atoms with van der Waals surface area (Å²) in [5.41, 5.74) is 7.94. The molecule has 1 aliphatic rings. The van der Waals surface area contributed by atoms with Gasteiger partial charge in [-0.15, -0.1) is 0 Å². The monoisotopic (exact) mass is 284 g/mol. The van der Waals surface area contributed by atoms with Gasteiger partial charge in [0.1, 0.15) is 0 Å². The predicted octanol–water partition coefficient (Wildman–Crippen LogP) is 2.62. The van der Waals surface area contributed by atoms with Crippen LogP contribution in [0.2, 0.25) is 0 Å². The first-order valence-corrected chi connectivity index (χ1v) is 7.78. The van der Waals surface area contributed by atoms with E-state index in [0.29, 0.717) is 18.0 Å². The van der Waals surface area contributed by atoms with E-state index in [2.05, 4.69) is 17.2 Å². The minimum absolute atomic E-state index is 0.0260. The summed E-state index contributed by atoms with van der Waals surface area (Å²) in [6.07, 6.45) is 6.37. The van der Waals surface area contributed by atoms with Crippen molar-refractivity contribution in [2.45, 2.75) is 39.0 Å². The minimum Gasteiger partial charge on any atom is -0.352 e. The molecule has 0 bridgehead atoms. The summed E-state index contributed by atoms with van der Waals surface area (Å²) in [7, 11) is 0. The number of nitrogens with two attached hydrogens (primary N) is 1. The van der Waals surface area contributed by atoms with Crippen molar-refractivity contribution in [1.82, 2.24) is 5.32 Å². The molecule has 3 N–H and O–H groups in total. The second-order valence-corrected chi connectivity index (χ2v) is 5.77. The van der Waals surface area contributed by atoms with Gasteiger partial charge >= 0.3 is 0 Å². The SMILES string of the molecule is Cc1ccc(C(=O)NCC2CCCCC2)c(C#CCN)c1. The molecule has 1 aromatic rings. The quantitative estimate of drug-likeness (QED) is 0.838. The van der Waals surface area contributed by atoms with E-state index >= 15 is 0 Å². The first kappa shape index (κ1) is 15.6. The molecule has 2 rings (SSSR count). The fourth-order valence-electron chi connectivity index (χ4n) is 2.83. The van der Waals surface area contributed by atoms with Crippen molar-refractivity contribution in [2.75, 3.05) is 13.1 Å². The third-order valence-electron chi connectivity index (χ3n) is 4.02. The van der Waals surface area contributed by atoms with Gasteiger partial charge in [0.05, 0.1) is 12.1 Å². The highest BCUT2D eigenvalue weighted by atomic mass is 16.1. The van der Waals surface area contributed by atoms with Crippen LogP contribution in [0, 0.1) is 24.7 Å². The average Bonchev–Trinajstić information content (AvgIpc) is 2.51. The molecular weight excluding hydrogens is 260 g/mol. The van der Waals surface area contributed by atoms with Crippen LogP contribution < -0.4 is 11.1 Å². The van der Waals surface area contributed by atoms with Crippen molar-refractivity contribution in [3.63, 3.8) is 0 Å². The van der Waals surface area contributed by atoms with Crippen molar-refractivity contribution in [3.8, 4) is 11.8 Å². The van der Waals surface area contributed by atoms with Crippen LogP contribution in [-0.4, -0.2) is 19.0 Å². The van der Waals surface area contributed by atoms with Crippen LogP contribution in [0.4, 0.5) is 0 Å². The van der Waals surface area contributed by atoms with E-state index in [4.69, 9.17) is 5.73 Å². The summed E-state index contributed by atoms with van der Waals surface area (Å²) < 4.78 is 0. The lowest BCUT2D eigenvalue weighted by Crippen LogP contribution is -2.30. The Bertz CT molecular complexity index is 548. The molecule has 0 aliphatic heterocycles. The number of nitrogens with one attached hydrogen (secondary N) is 1. The first-order valence-electron chi connectivity index (χ1n) is 7.78. The van der Waals surface area contributed by atoms with Gasteiger partial charge in [-0.1, -0.05) is 37.2 Å². The highest BCUT2D eigenvalue weighted by Crippen LogP contribution is 2.23. The van der Waals surface area contributed by atoms with Gasteiger partial charge in [0.25, 0.3) is 5.91 Å². The van der Waals surface area contributed by atoms with Gasteiger partial charge in [-0.3, -0.25) is 4.79 Å². The van der Waals surface area contributed by atoms with E-state index in [-0.39, 0.29) is 5.91 Å². The molecule has 1 aliphatic carbocycles. The zero-order chi connectivity index (χ0) is 15.1. The second kappa shape index (κ2) is 7.85. The normalized spacial score (nSPS) is 15.1. The Morgan fingerprint density at radius 1 is 1.33 bits per heavy atom. The third kappa shape index (κ3) is 4.61. The number of hydrogen-bond acceptors (Lipinski definition) is 2. The lowest BCUT2D eigenvalue weighted by Gasteiger charge is -2.21. The van der Waals surface area contributed by atoms with E-state index in [1.165, 1.54) is 32.1 Å². The lowest BCUT2D eigenvalue weighted by molar-refractivity contribution is 0.0943. The largest absolute Gasteiger partial charge is 0.352 e. The summed E-state index contributed by atoms with van der Waals surface area (Å²) >= 11 is 0. The molecule has 0 aromatic heterocycles. The van der Waals surface area contributed by atoms with E-state index in [1.54, 1.807) is 0 Å². The zero-order valence-electron chi connectivity index (χ0n) is 12.7. The molecule has 1 amide bonds. The molecule has 0 radical (unpaired) electrons. The van der Waals surface area contributed by atoms with Crippen LogP contribution in [0.1, 0.15) is 53.6 Å². The average molecular weight is 284 g/mol. The zero-order valence-corrected chi connectivity index (χ0v) is 12.7. The second-order valence-electron chi connectivity index (χ2n) is 5.77. The summed E-state index contributed by atoms with van der Waals surface area (Å²) in [6.45, 7) is 3.07. The van der Waals surface area contributed by atoms with Gasteiger partial charge < -0.3 is 11.1 Å². The Morgan fingerprint density at radius 2 is 2.10 bits per heavy atom. The van der Waals surface area contributed by atoms with Gasteiger partial charge in [-0.25, -0.2) is 0 Å². The standard InChI is InChI=1S/C18H24N2O/c1-14-9-10-17(16(12-14)8-5-11-19)18(21)20-13-15-6-3-2-4-7-15/h9-10,12,15H,2-4,6-7,11,13,19H2,1H3,(H,20,21). The van der Waals surface area contributed by atoms with E-state index in [1.807, 2.05) is 25.1 Å². The van der Waals surface area contributed by atoms with Crippen molar-refractivity contribution >= 4 is 5.91 Å².